The van der Waals surface area contributed by atoms with E-state index in [1.54, 1.807) is 12.4 Å². The molecule has 2 heterocycles. The zero-order chi connectivity index (χ0) is 11.4. The fourth-order valence-electron chi connectivity index (χ4n) is 1.12. The summed E-state index contributed by atoms with van der Waals surface area (Å²) in [6, 6.07) is 0. The van der Waals surface area contributed by atoms with Crippen LogP contribution in [0, 0.1) is 0 Å². The molecule has 0 atom stereocenters. The largest absolute Gasteiger partial charge is 0.386 e. The molecule has 4 N–H and O–H groups in total. The van der Waals surface area contributed by atoms with E-state index in [1.807, 2.05) is 12.4 Å². The molecule has 2 aromatic heterocycles. The normalized spacial score (nSPS) is 10.1. The SMILES string of the molecule is CNc1cnc(NCc2csc(N)n2)nc1. The average molecular weight is 236 g/mol. The van der Waals surface area contributed by atoms with Crippen molar-refractivity contribution >= 4 is 28.1 Å². The molecule has 0 saturated carbocycles. The first-order valence-electron chi connectivity index (χ1n) is 4.71. The lowest BCUT2D eigenvalue weighted by atomic mass is 10.5. The van der Waals surface area contributed by atoms with Crippen LogP contribution < -0.4 is 16.4 Å². The van der Waals surface area contributed by atoms with Crippen molar-refractivity contribution in [1.82, 2.24) is 15.0 Å². The molecular formula is C9H12N6S. The number of anilines is 3. The van der Waals surface area contributed by atoms with Gasteiger partial charge in [-0.05, 0) is 0 Å². The lowest BCUT2D eigenvalue weighted by Gasteiger charge is -2.03. The predicted molar refractivity (Wildman–Crippen MR) is 65.4 cm³/mol. The highest BCUT2D eigenvalue weighted by Crippen LogP contribution is 2.12. The van der Waals surface area contributed by atoms with Crippen molar-refractivity contribution < 1.29 is 0 Å². The Balaban J connectivity index is 1.94. The molecule has 0 unspecified atom stereocenters. The lowest BCUT2D eigenvalue weighted by molar-refractivity contribution is 1.02. The molecule has 6 nitrogen and oxygen atoms in total. The van der Waals surface area contributed by atoms with Gasteiger partial charge in [0.25, 0.3) is 0 Å². The summed E-state index contributed by atoms with van der Waals surface area (Å²) >= 11 is 1.42. The van der Waals surface area contributed by atoms with Gasteiger partial charge in [-0.2, -0.15) is 0 Å². The van der Waals surface area contributed by atoms with Crippen LogP contribution in [-0.4, -0.2) is 22.0 Å². The zero-order valence-electron chi connectivity index (χ0n) is 8.77. The fourth-order valence-corrected chi connectivity index (χ4v) is 1.68. The minimum absolute atomic E-state index is 0.572. The van der Waals surface area contributed by atoms with Crippen molar-refractivity contribution in [1.29, 1.82) is 0 Å². The number of aromatic nitrogens is 3. The van der Waals surface area contributed by atoms with E-state index in [-0.39, 0.29) is 0 Å². The summed E-state index contributed by atoms with van der Waals surface area (Å²) in [5.41, 5.74) is 7.30. The molecule has 0 amide bonds. The van der Waals surface area contributed by atoms with Crippen LogP contribution in [0.1, 0.15) is 5.69 Å². The van der Waals surface area contributed by atoms with E-state index < -0.39 is 0 Å². The highest BCUT2D eigenvalue weighted by molar-refractivity contribution is 7.13. The standard InChI is InChI=1S/C9H12N6S/c1-11-6-2-12-9(13-3-6)14-4-7-5-16-8(10)15-7/h2-3,5,11H,4H2,1H3,(H2,10,15)(H,12,13,14). The lowest BCUT2D eigenvalue weighted by Crippen LogP contribution is -2.04. The summed E-state index contributed by atoms with van der Waals surface area (Å²) in [5.74, 6) is 0.575. The minimum atomic E-state index is 0.572. The molecule has 16 heavy (non-hydrogen) atoms. The van der Waals surface area contributed by atoms with Gasteiger partial charge < -0.3 is 16.4 Å². The third-order valence-electron chi connectivity index (χ3n) is 1.94. The number of rotatable bonds is 4. The Morgan fingerprint density at radius 3 is 2.69 bits per heavy atom. The zero-order valence-corrected chi connectivity index (χ0v) is 9.58. The topological polar surface area (TPSA) is 88.8 Å². The fraction of sp³-hybridized carbons (Fsp3) is 0.222. The smallest absolute Gasteiger partial charge is 0.223 e. The Morgan fingerprint density at radius 1 is 1.38 bits per heavy atom. The summed E-state index contributed by atoms with van der Waals surface area (Å²) < 4.78 is 0. The van der Waals surface area contributed by atoms with Gasteiger partial charge in [0, 0.05) is 12.4 Å². The Hall–Kier alpha value is -1.89. The van der Waals surface area contributed by atoms with Crippen molar-refractivity contribution in [3.8, 4) is 0 Å². The van der Waals surface area contributed by atoms with Gasteiger partial charge in [-0.3, -0.25) is 0 Å². The van der Waals surface area contributed by atoms with Crippen LogP contribution in [0.5, 0.6) is 0 Å². The number of hydrogen-bond acceptors (Lipinski definition) is 7. The Bertz CT molecular complexity index is 451. The van der Waals surface area contributed by atoms with Crippen LogP contribution in [0.2, 0.25) is 0 Å². The monoisotopic (exact) mass is 236 g/mol. The second-order valence-corrected chi connectivity index (χ2v) is 3.97. The van der Waals surface area contributed by atoms with E-state index in [0.29, 0.717) is 17.6 Å². The van der Waals surface area contributed by atoms with Crippen LogP contribution in [0.25, 0.3) is 0 Å². The van der Waals surface area contributed by atoms with Crippen molar-refractivity contribution in [3.05, 3.63) is 23.5 Å². The summed E-state index contributed by atoms with van der Waals surface area (Å²) in [4.78, 5) is 12.4. The van der Waals surface area contributed by atoms with Gasteiger partial charge in [-0.15, -0.1) is 11.3 Å². The van der Waals surface area contributed by atoms with Crippen molar-refractivity contribution in [2.24, 2.45) is 0 Å². The third-order valence-corrected chi connectivity index (χ3v) is 2.66. The molecule has 0 radical (unpaired) electrons. The molecule has 0 aliphatic rings. The number of nitrogens with one attached hydrogen (secondary N) is 2. The number of nitrogens with zero attached hydrogens (tertiary/aromatic N) is 3. The average Bonchev–Trinajstić information content (AvgIpc) is 2.73. The maximum Gasteiger partial charge on any atom is 0.223 e. The summed E-state index contributed by atoms with van der Waals surface area (Å²) in [6.45, 7) is 0.576. The molecule has 0 aromatic carbocycles. The molecule has 0 spiro atoms. The van der Waals surface area contributed by atoms with E-state index in [0.717, 1.165) is 11.4 Å². The van der Waals surface area contributed by atoms with E-state index >= 15 is 0 Å². The number of nitrogen functional groups attached to an aromatic ring is 1. The van der Waals surface area contributed by atoms with Crippen molar-refractivity contribution in [2.45, 2.75) is 6.54 Å². The predicted octanol–water partition coefficient (Wildman–Crippen LogP) is 1.17. The maximum absolute atomic E-state index is 5.53. The molecule has 0 saturated heterocycles. The Morgan fingerprint density at radius 2 is 2.12 bits per heavy atom. The maximum atomic E-state index is 5.53. The summed E-state index contributed by atoms with van der Waals surface area (Å²) in [7, 11) is 1.82. The summed E-state index contributed by atoms with van der Waals surface area (Å²) in [5, 5.41) is 8.49. The van der Waals surface area contributed by atoms with Gasteiger partial charge in [0.15, 0.2) is 5.13 Å². The molecule has 2 rings (SSSR count). The molecule has 0 fully saturated rings. The molecular weight excluding hydrogens is 224 g/mol. The highest BCUT2D eigenvalue weighted by atomic mass is 32.1. The van der Waals surface area contributed by atoms with Gasteiger partial charge in [-0.1, -0.05) is 0 Å². The van der Waals surface area contributed by atoms with E-state index in [9.17, 15) is 0 Å². The quantitative estimate of drug-likeness (QED) is 0.738. The van der Waals surface area contributed by atoms with Gasteiger partial charge in [0.05, 0.1) is 30.3 Å². The highest BCUT2D eigenvalue weighted by Gasteiger charge is 2.00. The molecule has 0 aliphatic carbocycles. The first-order valence-corrected chi connectivity index (χ1v) is 5.59. The van der Waals surface area contributed by atoms with Crippen LogP contribution >= 0.6 is 11.3 Å². The van der Waals surface area contributed by atoms with Crippen LogP contribution in [0.15, 0.2) is 17.8 Å². The first kappa shape index (κ1) is 10.6. The second kappa shape index (κ2) is 4.75. The van der Waals surface area contributed by atoms with E-state index in [1.165, 1.54) is 11.3 Å². The van der Waals surface area contributed by atoms with Crippen LogP contribution in [0.4, 0.5) is 16.8 Å². The molecule has 0 bridgehead atoms. The van der Waals surface area contributed by atoms with Crippen molar-refractivity contribution in [2.75, 3.05) is 23.4 Å². The Labute approximate surface area is 97.0 Å². The van der Waals surface area contributed by atoms with Crippen molar-refractivity contribution in [3.63, 3.8) is 0 Å². The third kappa shape index (κ3) is 2.57. The van der Waals surface area contributed by atoms with Gasteiger partial charge in [0.2, 0.25) is 5.95 Å². The number of hydrogen-bond donors (Lipinski definition) is 3. The van der Waals surface area contributed by atoms with E-state index in [4.69, 9.17) is 5.73 Å². The summed E-state index contributed by atoms with van der Waals surface area (Å²) in [6.07, 6.45) is 3.43. The molecule has 2 aromatic rings. The van der Waals surface area contributed by atoms with Gasteiger partial charge in [0.1, 0.15) is 0 Å². The molecule has 0 aliphatic heterocycles. The number of thiazole rings is 1. The van der Waals surface area contributed by atoms with E-state index in [2.05, 4.69) is 25.6 Å². The molecule has 7 heteroatoms. The van der Waals surface area contributed by atoms with Crippen LogP contribution in [0.3, 0.4) is 0 Å². The second-order valence-electron chi connectivity index (χ2n) is 3.08. The minimum Gasteiger partial charge on any atom is -0.386 e. The number of nitrogens with two attached hydrogens (primary N) is 1. The Kier molecular flexibility index (Phi) is 3.16. The van der Waals surface area contributed by atoms with Gasteiger partial charge in [-0.25, -0.2) is 15.0 Å². The van der Waals surface area contributed by atoms with Crippen LogP contribution in [-0.2, 0) is 6.54 Å². The van der Waals surface area contributed by atoms with Gasteiger partial charge >= 0.3 is 0 Å². The molecule has 84 valence electrons. The first-order chi connectivity index (χ1) is 7.78.